The summed E-state index contributed by atoms with van der Waals surface area (Å²) >= 11 is 18.2. The predicted octanol–water partition coefficient (Wildman–Crippen LogP) is 5.75. The normalized spacial score (nSPS) is 16.1. The molecule has 1 aliphatic rings. The fourth-order valence-corrected chi connectivity index (χ4v) is 4.03. The SMILES string of the molecule is S=C(Nc1ccccc1Cl)NC1(c2ccccc2Cl)CCCC1. The van der Waals surface area contributed by atoms with E-state index in [2.05, 4.69) is 16.7 Å². The van der Waals surface area contributed by atoms with Gasteiger partial charge in [0.25, 0.3) is 0 Å². The van der Waals surface area contributed by atoms with Crippen LogP contribution in [-0.4, -0.2) is 5.11 Å². The molecule has 1 saturated carbocycles. The molecule has 1 fully saturated rings. The molecule has 2 aromatic carbocycles. The van der Waals surface area contributed by atoms with Crippen LogP contribution >= 0.6 is 35.4 Å². The number of anilines is 1. The van der Waals surface area contributed by atoms with Crippen LogP contribution < -0.4 is 10.6 Å². The molecule has 0 spiro atoms. The van der Waals surface area contributed by atoms with E-state index in [1.54, 1.807) is 0 Å². The highest BCUT2D eigenvalue weighted by molar-refractivity contribution is 7.80. The van der Waals surface area contributed by atoms with Crippen LogP contribution in [0.25, 0.3) is 0 Å². The number of halogens is 2. The Kier molecular flexibility index (Phi) is 5.10. The van der Waals surface area contributed by atoms with Gasteiger partial charge >= 0.3 is 0 Å². The number of thiocarbonyl (C=S) groups is 1. The first-order chi connectivity index (χ1) is 11.1. The van der Waals surface area contributed by atoms with Gasteiger partial charge in [-0.05, 0) is 48.8 Å². The summed E-state index contributed by atoms with van der Waals surface area (Å²) in [5, 5.41) is 8.70. The minimum atomic E-state index is -0.205. The Hall–Kier alpha value is -1.29. The van der Waals surface area contributed by atoms with Gasteiger partial charge in [0.15, 0.2) is 5.11 Å². The van der Waals surface area contributed by atoms with E-state index in [4.69, 9.17) is 35.4 Å². The van der Waals surface area contributed by atoms with Crippen molar-refractivity contribution in [3.8, 4) is 0 Å². The Morgan fingerprint density at radius 3 is 2.17 bits per heavy atom. The zero-order valence-electron chi connectivity index (χ0n) is 12.6. The van der Waals surface area contributed by atoms with Crippen molar-refractivity contribution in [3.05, 3.63) is 64.1 Å². The molecular weight excluding hydrogens is 347 g/mol. The summed E-state index contributed by atoms with van der Waals surface area (Å²) in [6.07, 6.45) is 4.35. The second-order valence-electron chi connectivity index (χ2n) is 5.83. The minimum Gasteiger partial charge on any atom is -0.353 e. The van der Waals surface area contributed by atoms with Crippen LogP contribution in [0.5, 0.6) is 0 Å². The van der Waals surface area contributed by atoms with Crippen molar-refractivity contribution < 1.29 is 0 Å². The molecule has 5 heteroatoms. The molecule has 0 radical (unpaired) electrons. The van der Waals surface area contributed by atoms with Crippen LogP contribution in [0.1, 0.15) is 31.2 Å². The van der Waals surface area contributed by atoms with Gasteiger partial charge in [-0.2, -0.15) is 0 Å². The lowest BCUT2D eigenvalue weighted by Crippen LogP contribution is -2.45. The van der Waals surface area contributed by atoms with Crippen LogP contribution in [0, 0.1) is 0 Å². The standard InChI is InChI=1S/C18H18Cl2N2S/c19-14-8-2-1-7-13(14)18(11-5-6-12-18)22-17(23)21-16-10-4-3-9-15(16)20/h1-4,7-10H,5-6,11-12H2,(H2,21,22,23). The highest BCUT2D eigenvalue weighted by Crippen LogP contribution is 2.41. The van der Waals surface area contributed by atoms with E-state index >= 15 is 0 Å². The van der Waals surface area contributed by atoms with Gasteiger partial charge in [0.1, 0.15) is 0 Å². The van der Waals surface area contributed by atoms with Crippen LogP contribution in [-0.2, 0) is 5.54 Å². The highest BCUT2D eigenvalue weighted by Gasteiger charge is 2.37. The maximum Gasteiger partial charge on any atom is 0.171 e. The first kappa shape index (κ1) is 16.6. The van der Waals surface area contributed by atoms with E-state index in [9.17, 15) is 0 Å². The molecule has 3 rings (SSSR count). The van der Waals surface area contributed by atoms with E-state index in [0.29, 0.717) is 10.1 Å². The number of hydrogen-bond donors (Lipinski definition) is 2. The molecule has 0 aromatic heterocycles. The molecule has 0 heterocycles. The van der Waals surface area contributed by atoms with Gasteiger partial charge in [-0.25, -0.2) is 0 Å². The Morgan fingerprint density at radius 2 is 1.52 bits per heavy atom. The first-order valence-electron chi connectivity index (χ1n) is 7.69. The smallest absolute Gasteiger partial charge is 0.171 e. The molecule has 0 amide bonds. The molecule has 2 aromatic rings. The zero-order valence-corrected chi connectivity index (χ0v) is 14.9. The van der Waals surface area contributed by atoms with Crippen molar-refractivity contribution in [2.24, 2.45) is 0 Å². The maximum absolute atomic E-state index is 6.44. The van der Waals surface area contributed by atoms with E-state index in [-0.39, 0.29) is 5.54 Å². The third-order valence-electron chi connectivity index (χ3n) is 4.32. The van der Waals surface area contributed by atoms with Crippen molar-refractivity contribution in [2.45, 2.75) is 31.2 Å². The first-order valence-corrected chi connectivity index (χ1v) is 8.86. The highest BCUT2D eigenvalue weighted by atomic mass is 35.5. The van der Waals surface area contributed by atoms with Gasteiger partial charge in [0, 0.05) is 5.02 Å². The van der Waals surface area contributed by atoms with Gasteiger partial charge in [-0.3, -0.25) is 0 Å². The van der Waals surface area contributed by atoms with Crippen LogP contribution in [0.4, 0.5) is 5.69 Å². The summed E-state index contributed by atoms with van der Waals surface area (Å²) in [6.45, 7) is 0. The van der Waals surface area contributed by atoms with Crippen LogP contribution in [0.15, 0.2) is 48.5 Å². The minimum absolute atomic E-state index is 0.205. The Labute approximate surface area is 152 Å². The number of benzene rings is 2. The summed E-state index contributed by atoms with van der Waals surface area (Å²) in [5.41, 5.74) is 1.71. The third kappa shape index (κ3) is 3.63. The number of para-hydroxylation sites is 1. The molecule has 0 bridgehead atoms. The second-order valence-corrected chi connectivity index (χ2v) is 7.05. The fourth-order valence-electron chi connectivity index (χ4n) is 3.22. The summed E-state index contributed by atoms with van der Waals surface area (Å²) in [6, 6.07) is 15.6. The van der Waals surface area contributed by atoms with Crippen molar-refractivity contribution in [1.29, 1.82) is 0 Å². The lowest BCUT2D eigenvalue weighted by Gasteiger charge is -2.33. The second kappa shape index (κ2) is 7.08. The van der Waals surface area contributed by atoms with E-state index < -0.39 is 0 Å². The van der Waals surface area contributed by atoms with E-state index in [0.717, 1.165) is 42.0 Å². The van der Waals surface area contributed by atoms with Gasteiger partial charge in [0.05, 0.1) is 16.2 Å². The average molecular weight is 365 g/mol. The van der Waals surface area contributed by atoms with Gasteiger partial charge < -0.3 is 10.6 Å². The number of rotatable bonds is 3. The van der Waals surface area contributed by atoms with Gasteiger partial charge in [-0.15, -0.1) is 0 Å². The lowest BCUT2D eigenvalue weighted by molar-refractivity contribution is 0.408. The predicted molar refractivity (Wildman–Crippen MR) is 102 cm³/mol. The van der Waals surface area contributed by atoms with Gasteiger partial charge in [-0.1, -0.05) is 66.4 Å². The molecule has 2 nitrogen and oxygen atoms in total. The third-order valence-corrected chi connectivity index (χ3v) is 5.18. The summed E-state index contributed by atoms with van der Waals surface area (Å²) in [5.74, 6) is 0. The maximum atomic E-state index is 6.44. The lowest BCUT2D eigenvalue weighted by atomic mass is 9.88. The largest absolute Gasteiger partial charge is 0.353 e. The van der Waals surface area contributed by atoms with Crippen LogP contribution in [0.3, 0.4) is 0 Å². The Bertz CT molecular complexity index is 712. The Morgan fingerprint density at radius 1 is 0.913 bits per heavy atom. The quantitative estimate of drug-likeness (QED) is 0.678. The molecule has 2 N–H and O–H groups in total. The van der Waals surface area contributed by atoms with E-state index in [1.165, 1.54) is 0 Å². The molecule has 23 heavy (non-hydrogen) atoms. The zero-order chi connectivity index (χ0) is 16.3. The van der Waals surface area contributed by atoms with Crippen LogP contribution in [0.2, 0.25) is 10.0 Å². The van der Waals surface area contributed by atoms with Crippen molar-refractivity contribution in [1.82, 2.24) is 5.32 Å². The average Bonchev–Trinajstić information content (AvgIpc) is 2.99. The molecule has 0 aliphatic heterocycles. The number of hydrogen-bond acceptors (Lipinski definition) is 1. The molecular formula is C18H18Cl2N2S. The monoisotopic (exact) mass is 364 g/mol. The van der Waals surface area contributed by atoms with E-state index in [1.807, 2.05) is 42.5 Å². The summed E-state index contributed by atoms with van der Waals surface area (Å²) < 4.78 is 0. The van der Waals surface area contributed by atoms with Crippen molar-refractivity contribution >= 4 is 46.2 Å². The molecule has 0 unspecified atom stereocenters. The summed E-state index contributed by atoms with van der Waals surface area (Å²) in [7, 11) is 0. The van der Waals surface area contributed by atoms with Gasteiger partial charge in [0.2, 0.25) is 0 Å². The molecule has 0 saturated heterocycles. The van der Waals surface area contributed by atoms with Crippen molar-refractivity contribution in [3.63, 3.8) is 0 Å². The number of nitrogens with one attached hydrogen (secondary N) is 2. The fraction of sp³-hybridized carbons (Fsp3) is 0.278. The molecule has 0 atom stereocenters. The Balaban J connectivity index is 1.82. The molecule has 120 valence electrons. The van der Waals surface area contributed by atoms with Crippen molar-refractivity contribution in [2.75, 3.05) is 5.32 Å². The summed E-state index contributed by atoms with van der Waals surface area (Å²) in [4.78, 5) is 0. The topological polar surface area (TPSA) is 24.1 Å². The molecule has 1 aliphatic carbocycles.